The first-order valence-corrected chi connectivity index (χ1v) is 8.41. The lowest BCUT2D eigenvalue weighted by Crippen LogP contribution is -2.29. The highest BCUT2D eigenvalue weighted by molar-refractivity contribution is 5.99. The highest BCUT2D eigenvalue weighted by Crippen LogP contribution is 2.43. The Balaban J connectivity index is 1.76. The molecule has 0 bridgehead atoms. The SMILES string of the molecule is CC1C(C#N)=C(N)OC2=C1C(=O)CC(c1cccc3ccccc13)C2. The highest BCUT2D eigenvalue weighted by atomic mass is 16.5. The van der Waals surface area contributed by atoms with E-state index in [1.165, 1.54) is 0 Å². The van der Waals surface area contributed by atoms with Crippen molar-refractivity contribution in [3.05, 3.63) is 70.8 Å². The summed E-state index contributed by atoms with van der Waals surface area (Å²) in [4.78, 5) is 12.8. The van der Waals surface area contributed by atoms with Crippen molar-refractivity contribution in [2.24, 2.45) is 11.7 Å². The average molecular weight is 330 g/mol. The molecule has 124 valence electrons. The molecular weight excluding hydrogens is 312 g/mol. The van der Waals surface area contributed by atoms with Crippen molar-refractivity contribution in [1.82, 2.24) is 0 Å². The van der Waals surface area contributed by atoms with E-state index in [-0.39, 0.29) is 23.5 Å². The maximum absolute atomic E-state index is 12.8. The van der Waals surface area contributed by atoms with Crippen molar-refractivity contribution in [3.63, 3.8) is 0 Å². The Hall–Kier alpha value is -3.06. The van der Waals surface area contributed by atoms with Crippen LogP contribution in [0.5, 0.6) is 0 Å². The first-order chi connectivity index (χ1) is 12.1. The van der Waals surface area contributed by atoms with Crippen LogP contribution in [-0.4, -0.2) is 5.78 Å². The molecule has 1 heterocycles. The molecule has 0 amide bonds. The fourth-order valence-electron chi connectivity index (χ4n) is 4.00. The number of hydrogen-bond donors (Lipinski definition) is 1. The molecule has 0 spiro atoms. The topological polar surface area (TPSA) is 76.1 Å². The van der Waals surface area contributed by atoms with E-state index in [0.29, 0.717) is 29.7 Å². The summed E-state index contributed by atoms with van der Waals surface area (Å²) in [6.45, 7) is 1.85. The Morgan fingerprint density at radius 3 is 2.72 bits per heavy atom. The number of Topliss-reactive ketones (excluding diaryl/α,β-unsaturated/α-hetero) is 1. The maximum Gasteiger partial charge on any atom is 0.204 e. The zero-order valence-electron chi connectivity index (χ0n) is 14.0. The number of rotatable bonds is 1. The number of carbonyl (C=O) groups is 1. The molecule has 2 aromatic rings. The number of ketones is 1. The minimum atomic E-state index is -0.297. The second-order valence-corrected chi connectivity index (χ2v) is 6.65. The van der Waals surface area contributed by atoms with Gasteiger partial charge in [0.05, 0.1) is 5.57 Å². The predicted octanol–water partition coefficient (Wildman–Crippen LogP) is 3.90. The van der Waals surface area contributed by atoms with E-state index in [4.69, 9.17) is 10.5 Å². The Bertz CT molecular complexity index is 989. The van der Waals surface area contributed by atoms with Crippen LogP contribution >= 0.6 is 0 Å². The molecule has 4 rings (SSSR count). The zero-order chi connectivity index (χ0) is 17.6. The van der Waals surface area contributed by atoms with Gasteiger partial charge in [-0.15, -0.1) is 0 Å². The number of ether oxygens (including phenoxy) is 1. The largest absolute Gasteiger partial charge is 0.444 e. The van der Waals surface area contributed by atoms with Gasteiger partial charge in [0.1, 0.15) is 11.8 Å². The molecule has 0 aromatic heterocycles. The second kappa shape index (κ2) is 5.78. The van der Waals surface area contributed by atoms with Crippen LogP contribution in [0, 0.1) is 17.2 Å². The molecule has 25 heavy (non-hydrogen) atoms. The Morgan fingerprint density at radius 2 is 1.92 bits per heavy atom. The number of benzene rings is 2. The summed E-state index contributed by atoms with van der Waals surface area (Å²) in [6, 6.07) is 16.4. The summed E-state index contributed by atoms with van der Waals surface area (Å²) in [7, 11) is 0. The van der Waals surface area contributed by atoms with Crippen LogP contribution in [0.3, 0.4) is 0 Å². The molecule has 2 aliphatic rings. The first kappa shape index (κ1) is 15.5. The van der Waals surface area contributed by atoms with E-state index in [2.05, 4.69) is 30.3 Å². The number of allylic oxidation sites excluding steroid dienone is 3. The van der Waals surface area contributed by atoms with Crippen molar-refractivity contribution in [1.29, 1.82) is 5.26 Å². The molecule has 0 radical (unpaired) electrons. The van der Waals surface area contributed by atoms with Gasteiger partial charge in [0.2, 0.25) is 5.88 Å². The Labute approximate surface area is 146 Å². The van der Waals surface area contributed by atoms with Gasteiger partial charge in [-0.25, -0.2) is 0 Å². The molecule has 0 saturated carbocycles. The van der Waals surface area contributed by atoms with Crippen molar-refractivity contribution in [2.45, 2.75) is 25.7 Å². The molecule has 2 atom stereocenters. The second-order valence-electron chi connectivity index (χ2n) is 6.65. The Morgan fingerprint density at radius 1 is 1.16 bits per heavy atom. The van der Waals surface area contributed by atoms with Crippen LogP contribution in [0.2, 0.25) is 0 Å². The van der Waals surface area contributed by atoms with E-state index in [9.17, 15) is 10.1 Å². The van der Waals surface area contributed by atoms with E-state index in [1.807, 2.05) is 25.1 Å². The molecule has 1 aliphatic carbocycles. The van der Waals surface area contributed by atoms with Gasteiger partial charge in [-0.05, 0) is 22.3 Å². The number of fused-ring (bicyclic) bond motifs is 1. The molecule has 2 N–H and O–H groups in total. The van der Waals surface area contributed by atoms with Crippen LogP contribution in [0.15, 0.2) is 65.3 Å². The number of nitriles is 1. The lowest BCUT2D eigenvalue weighted by Gasteiger charge is -2.32. The third kappa shape index (κ3) is 2.40. The van der Waals surface area contributed by atoms with Crippen LogP contribution in [-0.2, 0) is 9.53 Å². The maximum atomic E-state index is 12.8. The summed E-state index contributed by atoms with van der Waals surface area (Å²) >= 11 is 0. The number of hydrogen-bond acceptors (Lipinski definition) is 4. The lowest BCUT2D eigenvalue weighted by atomic mass is 9.76. The molecule has 4 nitrogen and oxygen atoms in total. The Kier molecular flexibility index (Phi) is 3.58. The van der Waals surface area contributed by atoms with Crippen LogP contribution in [0.4, 0.5) is 0 Å². The average Bonchev–Trinajstić information content (AvgIpc) is 2.60. The third-order valence-electron chi connectivity index (χ3n) is 5.21. The lowest BCUT2D eigenvalue weighted by molar-refractivity contribution is -0.117. The van der Waals surface area contributed by atoms with Crippen molar-refractivity contribution < 1.29 is 9.53 Å². The molecule has 4 heteroatoms. The zero-order valence-corrected chi connectivity index (χ0v) is 14.0. The summed E-state index contributed by atoms with van der Waals surface area (Å²) in [5.41, 5.74) is 8.01. The summed E-state index contributed by atoms with van der Waals surface area (Å²) in [5.74, 6) is 0.556. The molecule has 0 saturated heterocycles. The minimum absolute atomic E-state index is 0.0481. The predicted molar refractivity (Wildman–Crippen MR) is 95.0 cm³/mol. The molecule has 0 fully saturated rings. The summed E-state index contributed by atoms with van der Waals surface area (Å²) in [6.07, 6.45) is 1.05. The van der Waals surface area contributed by atoms with Gasteiger partial charge in [-0.1, -0.05) is 49.4 Å². The fraction of sp³-hybridized carbons (Fsp3) is 0.238. The van der Waals surface area contributed by atoms with Crippen LogP contribution in [0.1, 0.15) is 31.2 Å². The van der Waals surface area contributed by atoms with Gasteiger partial charge in [-0.2, -0.15) is 5.26 Å². The molecule has 2 unspecified atom stereocenters. The number of carbonyl (C=O) groups excluding carboxylic acids is 1. The first-order valence-electron chi connectivity index (χ1n) is 8.41. The van der Waals surface area contributed by atoms with Crippen LogP contribution in [0.25, 0.3) is 10.8 Å². The smallest absolute Gasteiger partial charge is 0.204 e. The van der Waals surface area contributed by atoms with Gasteiger partial charge < -0.3 is 10.5 Å². The minimum Gasteiger partial charge on any atom is -0.444 e. The highest BCUT2D eigenvalue weighted by Gasteiger charge is 2.38. The van der Waals surface area contributed by atoms with Crippen LogP contribution < -0.4 is 5.73 Å². The van der Waals surface area contributed by atoms with Gasteiger partial charge in [0.25, 0.3) is 0 Å². The summed E-state index contributed by atoms with van der Waals surface area (Å²) < 4.78 is 5.69. The molecule has 2 aromatic carbocycles. The van der Waals surface area contributed by atoms with Crippen molar-refractivity contribution in [3.8, 4) is 6.07 Å². The van der Waals surface area contributed by atoms with E-state index >= 15 is 0 Å². The normalized spacial score (nSPS) is 23.3. The number of nitrogens with zero attached hydrogens (tertiary/aromatic N) is 1. The number of nitrogens with two attached hydrogens (primary N) is 1. The summed E-state index contributed by atoms with van der Waals surface area (Å²) in [5, 5.41) is 11.6. The van der Waals surface area contributed by atoms with Crippen molar-refractivity contribution in [2.75, 3.05) is 0 Å². The van der Waals surface area contributed by atoms with Gasteiger partial charge in [-0.3, -0.25) is 4.79 Å². The van der Waals surface area contributed by atoms with Crippen molar-refractivity contribution >= 4 is 16.6 Å². The third-order valence-corrected chi connectivity index (χ3v) is 5.21. The quantitative estimate of drug-likeness (QED) is 0.860. The van der Waals surface area contributed by atoms with E-state index < -0.39 is 0 Å². The standard InChI is InChI=1S/C21H18N2O2/c1-12-17(11-22)21(23)25-19-10-14(9-18(24)20(12)19)16-8-4-6-13-5-2-3-7-15(13)16/h2-8,12,14H,9-10,23H2,1H3. The van der Waals surface area contributed by atoms with Gasteiger partial charge >= 0.3 is 0 Å². The fourth-order valence-corrected chi connectivity index (χ4v) is 4.00. The van der Waals surface area contributed by atoms with Gasteiger partial charge in [0, 0.05) is 24.3 Å². The van der Waals surface area contributed by atoms with Gasteiger partial charge in [0.15, 0.2) is 5.78 Å². The van der Waals surface area contributed by atoms with E-state index in [0.717, 1.165) is 16.3 Å². The molecule has 1 aliphatic heterocycles. The molecular formula is C21H18N2O2. The van der Waals surface area contributed by atoms with E-state index in [1.54, 1.807) is 0 Å². The monoisotopic (exact) mass is 330 g/mol.